The molecule has 0 spiro atoms. The number of nitrogens with one attached hydrogen (secondary N) is 2. The lowest BCUT2D eigenvalue weighted by Crippen LogP contribution is -2.31. The van der Waals surface area contributed by atoms with Crippen molar-refractivity contribution in [3.8, 4) is 6.19 Å². The Morgan fingerprint density at radius 2 is 1.89 bits per heavy atom. The van der Waals surface area contributed by atoms with Crippen LogP contribution in [0.15, 0.2) is 91.5 Å². The van der Waals surface area contributed by atoms with Gasteiger partial charge in [-0.15, -0.1) is 0 Å². The molecular formula is C28H21N7O. The Bertz CT molecular complexity index is 1680. The summed E-state index contributed by atoms with van der Waals surface area (Å²) in [7, 11) is 0. The minimum Gasteiger partial charge on any atom is -0.346 e. The highest BCUT2D eigenvalue weighted by atomic mass is 16.1. The molecule has 1 aliphatic heterocycles. The van der Waals surface area contributed by atoms with Crippen molar-refractivity contribution in [2.75, 3.05) is 11.9 Å². The predicted molar refractivity (Wildman–Crippen MR) is 138 cm³/mol. The summed E-state index contributed by atoms with van der Waals surface area (Å²) in [6.45, 7) is 0.974. The lowest BCUT2D eigenvalue weighted by atomic mass is 10.1. The van der Waals surface area contributed by atoms with Crippen LogP contribution in [0.25, 0.3) is 27.4 Å². The number of nitrogens with zero attached hydrogens (tertiary/aromatic N) is 5. The second kappa shape index (κ2) is 8.98. The first kappa shape index (κ1) is 21.5. The Labute approximate surface area is 207 Å². The molecule has 1 aliphatic rings. The van der Waals surface area contributed by atoms with Crippen molar-refractivity contribution < 1.29 is 4.79 Å². The molecule has 0 bridgehead atoms. The van der Waals surface area contributed by atoms with Gasteiger partial charge in [0.25, 0.3) is 5.91 Å². The van der Waals surface area contributed by atoms with Gasteiger partial charge in [-0.25, -0.2) is 15.0 Å². The number of benzene rings is 3. The Morgan fingerprint density at radius 3 is 2.81 bits per heavy atom. The van der Waals surface area contributed by atoms with Gasteiger partial charge in [0.1, 0.15) is 12.0 Å². The minimum absolute atomic E-state index is 0.179. The summed E-state index contributed by atoms with van der Waals surface area (Å²) in [6.07, 6.45) is 7.36. The van der Waals surface area contributed by atoms with Crippen LogP contribution in [0.1, 0.15) is 21.6 Å². The molecule has 0 aliphatic carbocycles. The quantitative estimate of drug-likeness (QED) is 0.353. The molecule has 3 heterocycles. The largest absolute Gasteiger partial charge is 0.346 e. The first-order valence-electron chi connectivity index (χ1n) is 11.5. The number of aromatic nitrogens is 3. The van der Waals surface area contributed by atoms with Crippen LogP contribution >= 0.6 is 0 Å². The summed E-state index contributed by atoms with van der Waals surface area (Å²) < 4.78 is 0. The summed E-state index contributed by atoms with van der Waals surface area (Å²) in [5.41, 5.74) is 4.73. The van der Waals surface area contributed by atoms with Gasteiger partial charge >= 0.3 is 0 Å². The molecule has 6 rings (SSSR count). The Balaban J connectivity index is 1.21. The molecule has 2 aromatic heterocycles. The van der Waals surface area contributed by atoms with E-state index in [1.54, 1.807) is 12.3 Å². The van der Waals surface area contributed by atoms with E-state index in [9.17, 15) is 10.1 Å². The second-order valence-electron chi connectivity index (χ2n) is 8.57. The van der Waals surface area contributed by atoms with Gasteiger partial charge in [0.15, 0.2) is 6.19 Å². The minimum atomic E-state index is -0.179. The number of rotatable bonds is 5. The molecule has 8 heteroatoms. The number of anilines is 1. The number of hydrogen-bond donors (Lipinski definition) is 2. The monoisotopic (exact) mass is 471 g/mol. The third kappa shape index (κ3) is 3.94. The topological polar surface area (TPSA) is 101 Å². The highest BCUT2D eigenvalue weighted by Gasteiger charge is 2.25. The van der Waals surface area contributed by atoms with E-state index >= 15 is 0 Å². The van der Waals surface area contributed by atoms with Crippen molar-refractivity contribution in [3.05, 3.63) is 108 Å². The van der Waals surface area contributed by atoms with E-state index in [-0.39, 0.29) is 5.91 Å². The molecule has 0 unspecified atom stereocenters. The van der Waals surface area contributed by atoms with Gasteiger partial charge in [0, 0.05) is 53.1 Å². The maximum Gasteiger partial charge on any atom is 0.255 e. The van der Waals surface area contributed by atoms with Gasteiger partial charge in [0.2, 0.25) is 0 Å². The number of hydrazine groups is 1. The van der Waals surface area contributed by atoms with E-state index in [0.29, 0.717) is 18.7 Å². The van der Waals surface area contributed by atoms with Crippen LogP contribution in [0.2, 0.25) is 0 Å². The zero-order chi connectivity index (χ0) is 24.5. The number of hydrogen-bond acceptors (Lipinski definition) is 6. The van der Waals surface area contributed by atoms with Gasteiger partial charge < -0.3 is 10.3 Å². The SMILES string of the molecule is N#CN1C=C(c2ncnc3[nH]ccc23)CN1Cc1cccc(C(=O)Nc2cccc3ccccc23)c1. The average molecular weight is 472 g/mol. The van der Waals surface area contributed by atoms with Crippen molar-refractivity contribution in [2.24, 2.45) is 0 Å². The smallest absolute Gasteiger partial charge is 0.255 e. The van der Waals surface area contributed by atoms with Crippen molar-refractivity contribution in [3.63, 3.8) is 0 Å². The van der Waals surface area contributed by atoms with Crippen molar-refractivity contribution in [1.82, 2.24) is 25.0 Å². The number of carbonyl (C=O) groups is 1. The lowest BCUT2D eigenvalue weighted by molar-refractivity contribution is 0.101. The maximum absolute atomic E-state index is 13.1. The van der Waals surface area contributed by atoms with E-state index in [1.807, 2.05) is 77.9 Å². The van der Waals surface area contributed by atoms with Crippen LogP contribution in [0, 0.1) is 11.5 Å². The fourth-order valence-electron chi connectivity index (χ4n) is 4.58. The standard InChI is InChI=1S/C28H21N7O/c29-17-35-16-22(26-24-11-12-30-27(24)32-18-31-26)15-34(35)14-19-5-3-8-21(13-19)28(36)33-25-10-4-7-20-6-1-2-9-23(20)25/h1-13,16,18H,14-15H2,(H,33,36)(H,30,31,32). The lowest BCUT2D eigenvalue weighted by Gasteiger charge is -2.22. The molecule has 0 saturated carbocycles. The number of amides is 1. The van der Waals surface area contributed by atoms with Crippen LogP contribution in [0.4, 0.5) is 5.69 Å². The predicted octanol–water partition coefficient (Wildman–Crippen LogP) is 4.92. The van der Waals surface area contributed by atoms with Crippen LogP contribution in [-0.2, 0) is 6.54 Å². The summed E-state index contributed by atoms with van der Waals surface area (Å²) in [5, 5.41) is 19.2. The average Bonchev–Trinajstić information content (AvgIpc) is 3.56. The van der Waals surface area contributed by atoms with Crippen molar-refractivity contribution in [1.29, 1.82) is 5.26 Å². The summed E-state index contributed by atoms with van der Waals surface area (Å²) in [4.78, 5) is 24.9. The molecule has 8 nitrogen and oxygen atoms in total. The van der Waals surface area contributed by atoms with E-state index in [0.717, 1.165) is 44.3 Å². The molecular weight excluding hydrogens is 450 g/mol. The Morgan fingerprint density at radius 1 is 1.03 bits per heavy atom. The van der Waals surface area contributed by atoms with Crippen LogP contribution in [-0.4, -0.2) is 37.4 Å². The number of aromatic amines is 1. The van der Waals surface area contributed by atoms with E-state index in [2.05, 4.69) is 26.5 Å². The fraction of sp³-hybridized carbons (Fsp3) is 0.0714. The molecule has 0 atom stereocenters. The zero-order valence-electron chi connectivity index (χ0n) is 19.2. The molecule has 36 heavy (non-hydrogen) atoms. The van der Waals surface area contributed by atoms with Crippen LogP contribution in [0.5, 0.6) is 0 Å². The molecule has 0 saturated heterocycles. The van der Waals surface area contributed by atoms with Gasteiger partial charge in [-0.2, -0.15) is 10.3 Å². The van der Waals surface area contributed by atoms with Gasteiger partial charge in [-0.1, -0.05) is 48.5 Å². The number of H-pyrrole nitrogens is 1. The van der Waals surface area contributed by atoms with Crippen LogP contribution < -0.4 is 5.32 Å². The fourth-order valence-corrected chi connectivity index (χ4v) is 4.58. The summed E-state index contributed by atoms with van der Waals surface area (Å²) in [6, 6.07) is 23.2. The van der Waals surface area contributed by atoms with E-state index in [1.165, 1.54) is 11.3 Å². The van der Waals surface area contributed by atoms with Crippen LogP contribution in [0.3, 0.4) is 0 Å². The highest BCUT2D eigenvalue weighted by Crippen LogP contribution is 2.28. The first-order valence-corrected chi connectivity index (χ1v) is 11.5. The molecule has 2 N–H and O–H groups in total. The van der Waals surface area contributed by atoms with E-state index in [4.69, 9.17) is 0 Å². The normalized spacial score (nSPS) is 13.6. The summed E-state index contributed by atoms with van der Waals surface area (Å²) in [5.74, 6) is -0.179. The Kier molecular flexibility index (Phi) is 5.37. The second-order valence-corrected chi connectivity index (χ2v) is 8.57. The third-order valence-corrected chi connectivity index (χ3v) is 6.29. The number of carbonyl (C=O) groups excluding carboxylic acids is 1. The summed E-state index contributed by atoms with van der Waals surface area (Å²) >= 11 is 0. The zero-order valence-corrected chi connectivity index (χ0v) is 19.2. The molecule has 5 aromatic rings. The van der Waals surface area contributed by atoms with E-state index < -0.39 is 0 Å². The molecule has 174 valence electrons. The molecule has 0 fully saturated rings. The number of fused-ring (bicyclic) bond motifs is 2. The van der Waals surface area contributed by atoms with Crippen molar-refractivity contribution >= 4 is 39.0 Å². The van der Waals surface area contributed by atoms with Gasteiger partial charge in [-0.3, -0.25) is 4.79 Å². The maximum atomic E-state index is 13.1. The van der Waals surface area contributed by atoms with Crippen molar-refractivity contribution in [2.45, 2.75) is 6.54 Å². The first-order chi connectivity index (χ1) is 17.7. The molecule has 1 amide bonds. The third-order valence-electron chi connectivity index (χ3n) is 6.29. The van der Waals surface area contributed by atoms with Gasteiger partial charge in [-0.05, 0) is 35.2 Å². The number of nitriles is 1. The Hall–Kier alpha value is -5.00. The van der Waals surface area contributed by atoms with Gasteiger partial charge in [0.05, 0.1) is 5.69 Å². The molecule has 3 aromatic carbocycles. The molecule has 0 radical (unpaired) electrons. The highest BCUT2D eigenvalue weighted by molar-refractivity contribution is 6.09.